The van der Waals surface area contributed by atoms with Crippen LogP contribution in [0.15, 0.2) is 24.4 Å². The summed E-state index contributed by atoms with van der Waals surface area (Å²) >= 11 is 0. The first-order chi connectivity index (χ1) is 11.5. The van der Waals surface area contributed by atoms with Crippen LogP contribution >= 0.6 is 0 Å². The van der Waals surface area contributed by atoms with Gasteiger partial charge in [-0.25, -0.2) is 8.78 Å². The second-order valence-electron chi connectivity index (χ2n) is 5.35. The Labute approximate surface area is 137 Å². The van der Waals surface area contributed by atoms with Crippen molar-refractivity contribution in [3.63, 3.8) is 0 Å². The van der Waals surface area contributed by atoms with E-state index in [1.165, 1.54) is 19.2 Å². The fraction of sp³-hybridized carbons (Fsp3) is 0.333. The van der Waals surface area contributed by atoms with Crippen LogP contribution < -0.4 is 10.2 Å². The van der Waals surface area contributed by atoms with Gasteiger partial charge in [-0.1, -0.05) is 6.07 Å². The van der Waals surface area contributed by atoms with Crippen molar-refractivity contribution < 1.29 is 13.6 Å². The Balaban J connectivity index is 1.74. The maximum atomic E-state index is 13.7. The maximum Gasteiger partial charge on any atom is 0.249 e. The lowest BCUT2D eigenvalue weighted by Crippen LogP contribution is -2.48. The molecule has 1 fully saturated rings. The third-order valence-electron chi connectivity index (χ3n) is 3.79. The molecule has 0 atom stereocenters. The molecule has 1 aliphatic heterocycles. The van der Waals surface area contributed by atoms with Crippen LogP contribution in [0.4, 0.5) is 26.2 Å². The Morgan fingerprint density at radius 2 is 1.83 bits per heavy atom. The van der Waals surface area contributed by atoms with E-state index in [-0.39, 0.29) is 17.5 Å². The van der Waals surface area contributed by atoms with E-state index in [1.807, 2.05) is 4.90 Å². The molecule has 2 heterocycles. The summed E-state index contributed by atoms with van der Waals surface area (Å²) in [6.07, 6.45) is 1.48. The third kappa shape index (κ3) is 3.39. The number of piperazine rings is 1. The molecule has 7 nitrogen and oxygen atoms in total. The number of para-hydroxylation sites is 1. The van der Waals surface area contributed by atoms with Crippen LogP contribution in [0, 0.1) is 11.6 Å². The smallest absolute Gasteiger partial charge is 0.249 e. The van der Waals surface area contributed by atoms with E-state index < -0.39 is 11.6 Å². The van der Waals surface area contributed by atoms with Crippen LogP contribution in [0.2, 0.25) is 0 Å². The van der Waals surface area contributed by atoms with Crippen LogP contribution in [0.1, 0.15) is 6.92 Å². The van der Waals surface area contributed by atoms with Gasteiger partial charge < -0.3 is 15.1 Å². The van der Waals surface area contributed by atoms with E-state index in [2.05, 4.69) is 20.5 Å². The van der Waals surface area contributed by atoms with Gasteiger partial charge in [-0.05, 0) is 12.1 Å². The zero-order valence-electron chi connectivity index (χ0n) is 13.0. The van der Waals surface area contributed by atoms with E-state index in [0.29, 0.717) is 32.0 Å². The lowest BCUT2D eigenvalue weighted by atomic mass is 10.3. The number of rotatable bonds is 3. The van der Waals surface area contributed by atoms with Crippen molar-refractivity contribution in [1.29, 1.82) is 0 Å². The molecule has 2 aromatic rings. The van der Waals surface area contributed by atoms with Crippen molar-refractivity contribution in [3.8, 4) is 0 Å². The minimum Gasteiger partial charge on any atom is -0.352 e. The Kier molecular flexibility index (Phi) is 4.50. The molecule has 1 aliphatic rings. The number of nitrogens with one attached hydrogen (secondary N) is 1. The summed E-state index contributed by atoms with van der Waals surface area (Å²) in [7, 11) is 0. The van der Waals surface area contributed by atoms with E-state index in [0.717, 1.165) is 12.1 Å². The number of nitrogens with zero attached hydrogens (tertiary/aromatic N) is 5. The number of carbonyl (C=O) groups excluding carboxylic acids is 1. The molecule has 1 aromatic carbocycles. The minimum absolute atomic E-state index is 0.00509. The standard InChI is InChI=1S/C15H16F2N6O/c1-10(24)22-5-7-23(8-6-22)13-9-18-21-15(19-13)20-14-11(16)3-2-4-12(14)17/h2-4,9H,5-8H2,1H3,(H,19,20,21). The largest absolute Gasteiger partial charge is 0.352 e. The predicted molar refractivity (Wildman–Crippen MR) is 83.9 cm³/mol. The molecule has 0 aliphatic carbocycles. The zero-order valence-corrected chi connectivity index (χ0v) is 13.0. The Bertz CT molecular complexity index is 728. The van der Waals surface area contributed by atoms with Crippen molar-refractivity contribution >= 4 is 23.4 Å². The number of hydrogen-bond donors (Lipinski definition) is 1. The summed E-state index contributed by atoms with van der Waals surface area (Å²) in [4.78, 5) is 19.3. The Morgan fingerprint density at radius 1 is 1.17 bits per heavy atom. The van der Waals surface area contributed by atoms with Crippen LogP contribution in [0.25, 0.3) is 0 Å². The quantitative estimate of drug-likeness (QED) is 0.918. The van der Waals surface area contributed by atoms with Crippen molar-refractivity contribution in [2.45, 2.75) is 6.92 Å². The van der Waals surface area contributed by atoms with Gasteiger partial charge in [0.1, 0.15) is 17.3 Å². The van der Waals surface area contributed by atoms with Crippen molar-refractivity contribution in [2.24, 2.45) is 0 Å². The summed E-state index contributed by atoms with van der Waals surface area (Å²) in [6.45, 7) is 3.92. The minimum atomic E-state index is -0.737. The van der Waals surface area contributed by atoms with Crippen LogP contribution in [-0.4, -0.2) is 52.2 Å². The van der Waals surface area contributed by atoms with Crippen LogP contribution in [-0.2, 0) is 4.79 Å². The van der Waals surface area contributed by atoms with Gasteiger partial charge in [-0.3, -0.25) is 4.79 Å². The summed E-state index contributed by atoms with van der Waals surface area (Å²) in [5.74, 6) is -0.899. The Morgan fingerprint density at radius 3 is 2.46 bits per heavy atom. The van der Waals surface area contributed by atoms with Gasteiger partial charge in [0.2, 0.25) is 11.9 Å². The van der Waals surface area contributed by atoms with Gasteiger partial charge in [0.25, 0.3) is 0 Å². The fourth-order valence-electron chi connectivity index (χ4n) is 2.48. The summed E-state index contributed by atoms with van der Waals surface area (Å²) in [6, 6.07) is 3.56. The summed E-state index contributed by atoms with van der Waals surface area (Å²) in [5.41, 5.74) is -0.321. The van der Waals surface area contributed by atoms with Crippen molar-refractivity contribution in [2.75, 3.05) is 36.4 Å². The van der Waals surface area contributed by atoms with Gasteiger partial charge >= 0.3 is 0 Å². The molecular weight excluding hydrogens is 318 g/mol. The molecule has 0 bridgehead atoms. The Hall–Kier alpha value is -2.84. The molecule has 3 rings (SSSR count). The number of amides is 1. The number of carbonyl (C=O) groups is 1. The van der Waals surface area contributed by atoms with E-state index >= 15 is 0 Å². The summed E-state index contributed by atoms with van der Waals surface area (Å²) in [5, 5.41) is 10.1. The molecule has 0 unspecified atom stereocenters. The predicted octanol–water partition coefficient (Wildman–Crippen LogP) is 1.56. The highest BCUT2D eigenvalue weighted by Gasteiger charge is 2.20. The third-order valence-corrected chi connectivity index (χ3v) is 3.79. The second-order valence-corrected chi connectivity index (χ2v) is 5.35. The fourth-order valence-corrected chi connectivity index (χ4v) is 2.48. The lowest BCUT2D eigenvalue weighted by Gasteiger charge is -2.34. The van der Waals surface area contributed by atoms with Gasteiger partial charge in [-0.2, -0.15) is 10.1 Å². The van der Waals surface area contributed by atoms with Gasteiger partial charge in [0.15, 0.2) is 5.82 Å². The van der Waals surface area contributed by atoms with Crippen molar-refractivity contribution in [3.05, 3.63) is 36.0 Å². The van der Waals surface area contributed by atoms with E-state index in [9.17, 15) is 13.6 Å². The normalized spacial score (nSPS) is 14.6. The van der Waals surface area contributed by atoms with Gasteiger partial charge in [0.05, 0.1) is 6.20 Å². The van der Waals surface area contributed by atoms with Gasteiger partial charge in [0, 0.05) is 33.1 Å². The molecule has 0 spiro atoms. The molecule has 0 saturated carbocycles. The highest BCUT2D eigenvalue weighted by molar-refractivity contribution is 5.73. The molecule has 24 heavy (non-hydrogen) atoms. The highest BCUT2D eigenvalue weighted by atomic mass is 19.1. The first-order valence-corrected chi connectivity index (χ1v) is 7.46. The van der Waals surface area contributed by atoms with Crippen LogP contribution in [0.3, 0.4) is 0 Å². The van der Waals surface area contributed by atoms with Gasteiger partial charge in [-0.15, -0.1) is 5.10 Å². The van der Waals surface area contributed by atoms with E-state index in [1.54, 1.807) is 4.90 Å². The second kappa shape index (κ2) is 6.73. The molecule has 9 heteroatoms. The molecule has 1 N–H and O–H groups in total. The maximum absolute atomic E-state index is 13.7. The summed E-state index contributed by atoms with van der Waals surface area (Å²) < 4.78 is 27.4. The molecule has 1 saturated heterocycles. The topological polar surface area (TPSA) is 74.2 Å². The molecule has 126 valence electrons. The van der Waals surface area contributed by atoms with Crippen LogP contribution in [0.5, 0.6) is 0 Å². The zero-order chi connectivity index (χ0) is 17.1. The highest BCUT2D eigenvalue weighted by Crippen LogP contribution is 2.22. The van der Waals surface area contributed by atoms with Crippen molar-refractivity contribution in [1.82, 2.24) is 20.1 Å². The molecule has 1 amide bonds. The first-order valence-electron chi connectivity index (χ1n) is 7.46. The average molecular weight is 334 g/mol. The number of halogens is 2. The monoisotopic (exact) mass is 334 g/mol. The van der Waals surface area contributed by atoms with E-state index in [4.69, 9.17) is 0 Å². The number of anilines is 3. The molecular formula is C15H16F2N6O. The molecule has 1 aromatic heterocycles. The lowest BCUT2D eigenvalue weighted by molar-refractivity contribution is -0.129. The average Bonchev–Trinajstić information content (AvgIpc) is 2.59. The molecule has 0 radical (unpaired) electrons. The number of benzene rings is 1. The first kappa shape index (κ1) is 16.0. The number of aromatic nitrogens is 3. The SMILES string of the molecule is CC(=O)N1CCN(c2cnnc(Nc3c(F)cccc3F)n2)CC1. The number of hydrogen-bond acceptors (Lipinski definition) is 6.